The second-order valence-electron chi connectivity index (χ2n) is 8.88. The number of allylic oxidation sites excluding steroid dienone is 3. The summed E-state index contributed by atoms with van der Waals surface area (Å²) >= 11 is 4.80. The average molecular weight is 507 g/mol. The second-order valence-corrected chi connectivity index (χ2v) is 10.8. The lowest BCUT2D eigenvalue weighted by Gasteiger charge is -2.39. The van der Waals surface area contributed by atoms with Crippen LogP contribution >= 0.6 is 27.7 Å². The van der Waals surface area contributed by atoms with Crippen LogP contribution in [0, 0.1) is 16.7 Å². The van der Waals surface area contributed by atoms with Crippen molar-refractivity contribution < 1.29 is 9.59 Å². The number of dihydropyridines is 1. The number of ketones is 2. The van der Waals surface area contributed by atoms with E-state index in [9.17, 15) is 14.9 Å². The number of Topliss-reactive ketones (excluding diaryl/α,β-unsaturated/α-hetero) is 2. The molecule has 0 aromatic heterocycles. The number of benzene rings is 2. The van der Waals surface area contributed by atoms with Crippen LogP contribution in [-0.2, 0) is 4.79 Å². The van der Waals surface area contributed by atoms with Gasteiger partial charge in [0.2, 0.25) is 0 Å². The molecule has 6 heteroatoms. The third kappa shape index (κ3) is 4.60. The van der Waals surface area contributed by atoms with Crippen molar-refractivity contribution in [3.8, 4) is 6.07 Å². The van der Waals surface area contributed by atoms with Crippen LogP contribution in [-0.4, -0.2) is 17.3 Å². The molecule has 0 fully saturated rings. The van der Waals surface area contributed by atoms with Crippen LogP contribution in [0.3, 0.4) is 0 Å². The zero-order valence-corrected chi connectivity index (χ0v) is 20.3. The molecule has 1 aliphatic carbocycles. The number of carbonyl (C=O) groups excluding carboxylic acids is 2. The monoisotopic (exact) mass is 506 g/mol. The molecule has 0 radical (unpaired) electrons. The van der Waals surface area contributed by atoms with Gasteiger partial charge in [0.1, 0.15) is 0 Å². The van der Waals surface area contributed by atoms with E-state index < -0.39 is 5.92 Å². The minimum atomic E-state index is -0.428. The first kappa shape index (κ1) is 22.6. The Balaban J connectivity index is 1.73. The first-order valence-corrected chi connectivity index (χ1v) is 12.2. The Kier molecular flexibility index (Phi) is 6.41. The van der Waals surface area contributed by atoms with Gasteiger partial charge in [-0.15, -0.1) is 0 Å². The van der Waals surface area contributed by atoms with Crippen molar-refractivity contribution in [1.82, 2.24) is 5.32 Å². The molecule has 1 unspecified atom stereocenters. The van der Waals surface area contributed by atoms with E-state index in [0.717, 1.165) is 22.2 Å². The van der Waals surface area contributed by atoms with E-state index >= 15 is 0 Å². The topological polar surface area (TPSA) is 70.0 Å². The Morgan fingerprint density at radius 2 is 1.84 bits per heavy atom. The van der Waals surface area contributed by atoms with E-state index in [2.05, 4.69) is 41.2 Å². The summed E-state index contributed by atoms with van der Waals surface area (Å²) in [5, 5.41) is 14.2. The Morgan fingerprint density at radius 1 is 1.16 bits per heavy atom. The molecule has 162 valence electrons. The highest BCUT2D eigenvalue weighted by Crippen LogP contribution is 2.48. The van der Waals surface area contributed by atoms with Crippen molar-refractivity contribution in [2.75, 3.05) is 5.75 Å². The van der Waals surface area contributed by atoms with Gasteiger partial charge in [-0.3, -0.25) is 9.59 Å². The Labute approximate surface area is 200 Å². The van der Waals surface area contributed by atoms with Crippen LogP contribution in [0.5, 0.6) is 0 Å². The lowest BCUT2D eigenvalue weighted by atomic mass is 9.69. The fourth-order valence-electron chi connectivity index (χ4n) is 4.32. The minimum Gasteiger partial charge on any atom is -0.352 e. The molecular weight excluding hydrogens is 484 g/mol. The number of thioether (sulfide) groups is 1. The van der Waals surface area contributed by atoms with Gasteiger partial charge in [0.25, 0.3) is 0 Å². The summed E-state index contributed by atoms with van der Waals surface area (Å²) in [6, 6.07) is 19.2. The fraction of sp³-hybridized carbons (Fsp3) is 0.269. The van der Waals surface area contributed by atoms with Gasteiger partial charge >= 0.3 is 0 Å². The predicted molar refractivity (Wildman–Crippen MR) is 131 cm³/mol. The first-order chi connectivity index (χ1) is 15.3. The van der Waals surface area contributed by atoms with Gasteiger partial charge in [-0.25, -0.2) is 0 Å². The standard InChI is InChI=1S/C26H23BrN2O2S/c1-26(2)12-20-24(21(30)13-26)23(17-8-10-18(27)11-9-17)19(14-28)25(29-20)32-15-22(31)16-6-4-3-5-7-16/h3-11,23,29H,12-13,15H2,1-2H3. The molecule has 1 aliphatic heterocycles. The van der Waals surface area contributed by atoms with Crippen molar-refractivity contribution in [1.29, 1.82) is 5.26 Å². The fourth-order valence-corrected chi connectivity index (χ4v) is 5.54. The SMILES string of the molecule is CC1(C)CC(=O)C2=C(C1)NC(SCC(=O)c1ccccc1)=C(C#N)C2c1ccc(Br)cc1. The molecule has 0 spiro atoms. The number of carbonyl (C=O) groups is 2. The number of nitrogens with zero attached hydrogens (tertiary/aromatic N) is 1. The van der Waals surface area contributed by atoms with Gasteiger partial charge in [0.05, 0.1) is 28.3 Å². The molecular formula is C26H23BrN2O2S. The highest BCUT2D eigenvalue weighted by molar-refractivity contribution is 9.10. The number of hydrogen-bond acceptors (Lipinski definition) is 5. The Morgan fingerprint density at radius 3 is 2.50 bits per heavy atom. The van der Waals surface area contributed by atoms with Gasteiger partial charge in [0.15, 0.2) is 11.6 Å². The lowest BCUT2D eigenvalue weighted by Crippen LogP contribution is -2.37. The maximum atomic E-state index is 13.2. The number of hydrogen-bond donors (Lipinski definition) is 1. The molecule has 4 nitrogen and oxygen atoms in total. The van der Waals surface area contributed by atoms with Crippen molar-refractivity contribution >= 4 is 39.3 Å². The molecule has 1 atom stereocenters. The van der Waals surface area contributed by atoms with Crippen molar-refractivity contribution in [2.45, 2.75) is 32.6 Å². The molecule has 2 aliphatic rings. The minimum absolute atomic E-state index is 0.00204. The Bertz CT molecular complexity index is 1170. The smallest absolute Gasteiger partial charge is 0.173 e. The van der Waals surface area contributed by atoms with Gasteiger partial charge in [-0.1, -0.05) is 84.0 Å². The highest BCUT2D eigenvalue weighted by atomic mass is 79.9. The third-order valence-electron chi connectivity index (χ3n) is 5.77. The van der Waals surface area contributed by atoms with Crippen LogP contribution in [0.4, 0.5) is 0 Å². The third-order valence-corrected chi connectivity index (χ3v) is 7.32. The average Bonchev–Trinajstić information content (AvgIpc) is 2.76. The van der Waals surface area contributed by atoms with E-state index in [1.807, 2.05) is 42.5 Å². The number of nitriles is 1. The van der Waals surface area contributed by atoms with Crippen LogP contribution in [0.25, 0.3) is 0 Å². The lowest BCUT2D eigenvalue weighted by molar-refractivity contribution is -0.118. The van der Waals surface area contributed by atoms with Gasteiger partial charge in [-0.05, 0) is 29.5 Å². The molecule has 1 heterocycles. The van der Waals surface area contributed by atoms with Crippen molar-refractivity contribution in [3.63, 3.8) is 0 Å². The summed E-state index contributed by atoms with van der Waals surface area (Å²) < 4.78 is 0.936. The molecule has 0 bridgehead atoms. The van der Waals surface area contributed by atoms with Crippen LogP contribution in [0.1, 0.15) is 48.5 Å². The molecule has 4 rings (SSSR count). The normalized spacial score (nSPS) is 19.8. The van der Waals surface area contributed by atoms with Crippen molar-refractivity contribution in [2.24, 2.45) is 5.41 Å². The van der Waals surface area contributed by atoms with E-state index in [1.165, 1.54) is 11.8 Å². The summed E-state index contributed by atoms with van der Waals surface area (Å²) in [5.41, 5.74) is 3.43. The number of nitrogens with one attached hydrogen (secondary N) is 1. The number of rotatable bonds is 5. The summed E-state index contributed by atoms with van der Waals surface area (Å²) in [4.78, 5) is 25.9. The molecule has 2 aromatic carbocycles. The largest absolute Gasteiger partial charge is 0.352 e. The van der Waals surface area contributed by atoms with Gasteiger partial charge in [0, 0.05) is 27.7 Å². The van der Waals surface area contributed by atoms with Crippen LogP contribution in [0.2, 0.25) is 0 Å². The van der Waals surface area contributed by atoms with E-state index in [-0.39, 0.29) is 22.7 Å². The molecule has 2 aromatic rings. The predicted octanol–water partition coefficient (Wildman–Crippen LogP) is 6.13. The quantitative estimate of drug-likeness (QED) is 0.493. The first-order valence-electron chi connectivity index (χ1n) is 10.4. The van der Waals surface area contributed by atoms with Crippen LogP contribution in [0.15, 0.2) is 80.9 Å². The van der Waals surface area contributed by atoms with E-state index in [0.29, 0.717) is 28.2 Å². The molecule has 0 amide bonds. The molecule has 1 N–H and O–H groups in total. The second kappa shape index (κ2) is 9.09. The summed E-state index contributed by atoms with van der Waals surface area (Å²) in [6.07, 6.45) is 1.17. The zero-order valence-electron chi connectivity index (χ0n) is 17.9. The maximum absolute atomic E-state index is 13.2. The van der Waals surface area contributed by atoms with Crippen LogP contribution < -0.4 is 5.32 Å². The Hall–Kier alpha value is -2.62. The molecule has 0 saturated heterocycles. The number of halogens is 1. The van der Waals surface area contributed by atoms with E-state index in [1.54, 1.807) is 12.1 Å². The zero-order chi connectivity index (χ0) is 22.9. The summed E-state index contributed by atoms with van der Waals surface area (Å²) in [7, 11) is 0. The summed E-state index contributed by atoms with van der Waals surface area (Å²) in [5.74, 6) is -0.136. The van der Waals surface area contributed by atoms with Crippen molar-refractivity contribution in [3.05, 3.63) is 92.1 Å². The van der Waals surface area contributed by atoms with E-state index in [4.69, 9.17) is 0 Å². The maximum Gasteiger partial charge on any atom is 0.173 e. The molecule has 0 saturated carbocycles. The van der Waals surface area contributed by atoms with Gasteiger partial charge in [-0.2, -0.15) is 5.26 Å². The highest BCUT2D eigenvalue weighted by Gasteiger charge is 2.41. The van der Waals surface area contributed by atoms with Gasteiger partial charge < -0.3 is 5.32 Å². The summed E-state index contributed by atoms with van der Waals surface area (Å²) in [6.45, 7) is 4.17. The molecule has 32 heavy (non-hydrogen) atoms.